The maximum absolute atomic E-state index is 6.15. The minimum atomic E-state index is 0.652. The topological polar surface area (TPSA) is 51.8 Å². The van der Waals surface area contributed by atoms with Gasteiger partial charge in [-0.25, -0.2) is 15.0 Å². The molecule has 192 valence electrons. The lowest BCUT2D eigenvalue weighted by Gasteiger charge is -2.11. The van der Waals surface area contributed by atoms with E-state index in [0.717, 1.165) is 60.5 Å². The van der Waals surface area contributed by atoms with E-state index in [2.05, 4.69) is 60.7 Å². The van der Waals surface area contributed by atoms with E-state index in [1.165, 1.54) is 0 Å². The molecular weight excluding hydrogens is 502 g/mol. The zero-order valence-electron chi connectivity index (χ0n) is 22.0. The fourth-order valence-corrected chi connectivity index (χ4v) is 5.59. The predicted molar refractivity (Wildman–Crippen MR) is 166 cm³/mol. The summed E-state index contributed by atoms with van der Waals surface area (Å²) in [5, 5.41) is 4.47. The summed E-state index contributed by atoms with van der Waals surface area (Å²) in [6, 6.07) is 47.5. The van der Waals surface area contributed by atoms with Gasteiger partial charge in [0, 0.05) is 27.5 Å². The summed E-state index contributed by atoms with van der Waals surface area (Å²) >= 11 is 0. The van der Waals surface area contributed by atoms with Gasteiger partial charge in [0.2, 0.25) is 0 Å². The molecule has 41 heavy (non-hydrogen) atoms. The molecule has 0 saturated carbocycles. The van der Waals surface area contributed by atoms with Gasteiger partial charge >= 0.3 is 0 Å². The highest BCUT2D eigenvalue weighted by Crippen LogP contribution is 2.38. The molecule has 2 heterocycles. The minimum absolute atomic E-state index is 0.652. The van der Waals surface area contributed by atoms with Crippen molar-refractivity contribution in [1.29, 1.82) is 0 Å². The minimum Gasteiger partial charge on any atom is -0.456 e. The predicted octanol–water partition coefficient (Wildman–Crippen LogP) is 9.59. The molecule has 0 radical (unpaired) electrons. The summed E-state index contributed by atoms with van der Waals surface area (Å²) in [6.45, 7) is 0. The third-order valence-corrected chi connectivity index (χ3v) is 7.53. The second-order valence-corrected chi connectivity index (χ2v) is 10.1. The first-order valence-electron chi connectivity index (χ1n) is 13.6. The third-order valence-electron chi connectivity index (χ3n) is 7.53. The summed E-state index contributed by atoms with van der Waals surface area (Å²) in [7, 11) is 0. The molecule has 0 N–H and O–H groups in total. The fraction of sp³-hybridized carbons (Fsp3) is 0. The normalized spacial score (nSPS) is 11.4. The van der Waals surface area contributed by atoms with E-state index in [9.17, 15) is 0 Å². The molecule has 0 amide bonds. The van der Waals surface area contributed by atoms with Crippen molar-refractivity contribution in [1.82, 2.24) is 15.0 Å². The van der Waals surface area contributed by atoms with E-state index >= 15 is 0 Å². The molecular formula is C37H23N3O. The van der Waals surface area contributed by atoms with Crippen LogP contribution in [0.1, 0.15) is 0 Å². The van der Waals surface area contributed by atoms with Crippen LogP contribution in [0.2, 0.25) is 0 Å². The zero-order valence-corrected chi connectivity index (χ0v) is 22.0. The summed E-state index contributed by atoms with van der Waals surface area (Å²) in [5.74, 6) is 1.96. The SMILES string of the molecule is c1ccc(-c2nc(-c3ccccc3)nc(-c3cccc4cc(-c5cccc6oc7ccccc7c56)ccc34)n2)cc1. The van der Waals surface area contributed by atoms with Crippen LogP contribution in [0.4, 0.5) is 0 Å². The van der Waals surface area contributed by atoms with Gasteiger partial charge in [0.15, 0.2) is 17.5 Å². The van der Waals surface area contributed by atoms with E-state index in [-0.39, 0.29) is 0 Å². The number of benzene rings is 6. The summed E-state index contributed by atoms with van der Waals surface area (Å²) in [5.41, 5.74) is 6.96. The highest BCUT2D eigenvalue weighted by Gasteiger charge is 2.16. The molecule has 0 bridgehead atoms. The molecule has 0 aliphatic heterocycles. The van der Waals surface area contributed by atoms with Crippen LogP contribution in [0.25, 0.3) is 78.0 Å². The molecule has 0 aliphatic rings. The number of hydrogen-bond acceptors (Lipinski definition) is 4. The maximum atomic E-state index is 6.15. The number of fused-ring (bicyclic) bond motifs is 4. The number of nitrogens with zero attached hydrogens (tertiary/aromatic N) is 3. The first kappa shape index (κ1) is 23.3. The molecule has 8 aromatic rings. The smallest absolute Gasteiger partial charge is 0.164 e. The quantitative estimate of drug-likeness (QED) is 0.230. The van der Waals surface area contributed by atoms with Crippen molar-refractivity contribution in [3.05, 3.63) is 140 Å². The van der Waals surface area contributed by atoms with Crippen LogP contribution in [0, 0.1) is 0 Å². The van der Waals surface area contributed by atoms with Crippen LogP contribution in [0.5, 0.6) is 0 Å². The Bertz CT molecular complexity index is 2140. The molecule has 0 spiro atoms. The van der Waals surface area contributed by atoms with Crippen LogP contribution in [-0.2, 0) is 0 Å². The van der Waals surface area contributed by atoms with Crippen molar-refractivity contribution < 1.29 is 4.42 Å². The molecule has 0 unspecified atom stereocenters. The van der Waals surface area contributed by atoms with Gasteiger partial charge < -0.3 is 4.42 Å². The largest absolute Gasteiger partial charge is 0.456 e. The Balaban J connectivity index is 1.31. The van der Waals surface area contributed by atoms with Gasteiger partial charge in [0.1, 0.15) is 11.2 Å². The van der Waals surface area contributed by atoms with Gasteiger partial charge in [0.05, 0.1) is 0 Å². The molecule has 2 aromatic heterocycles. The number of aromatic nitrogens is 3. The number of furan rings is 1. The second kappa shape index (κ2) is 9.54. The van der Waals surface area contributed by atoms with Gasteiger partial charge in [-0.2, -0.15) is 0 Å². The summed E-state index contributed by atoms with van der Waals surface area (Å²) < 4.78 is 6.15. The van der Waals surface area contributed by atoms with Crippen LogP contribution >= 0.6 is 0 Å². The van der Waals surface area contributed by atoms with Crippen molar-refractivity contribution in [2.75, 3.05) is 0 Å². The van der Waals surface area contributed by atoms with E-state index in [1.54, 1.807) is 0 Å². The number of para-hydroxylation sites is 1. The molecule has 8 rings (SSSR count). The highest BCUT2D eigenvalue weighted by molar-refractivity contribution is 6.13. The van der Waals surface area contributed by atoms with Crippen LogP contribution < -0.4 is 0 Å². The first-order chi connectivity index (χ1) is 20.3. The standard InChI is InChI=1S/C37H23N3O/c1-3-11-24(12-4-1)35-38-36(25-13-5-2-6-14-25)40-37(39-35)30-18-9-15-26-23-27(21-22-28(26)30)29-17-10-20-33-34(29)31-16-7-8-19-32(31)41-33/h1-23H. The second-order valence-electron chi connectivity index (χ2n) is 10.1. The highest BCUT2D eigenvalue weighted by atomic mass is 16.3. The molecule has 4 nitrogen and oxygen atoms in total. The lowest BCUT2D eigenvalue weighted by Crippen LogP contribution is -2.00. The van der Waals surface area contributed by atoms with Crippen molar-refractivity contribution in [2.24, 2.45) is 0 Å². The van der Waals surface area contributed by atoms with E-state index in [0.29, 0.717) is 17.5 Å². The third kappa shape index (κ3) is 4.05. The Hall–Kier alpha value is -5.61. The Labute approximate surface area is 236 Å². The molecule has 6 aromatic carbocycles. The number of rotatable bonds is 4. The average molecular weight is 526 g/mol. The summed E-state index contributed by atoms with van der Waals surface area (Å²) in [6.07, 6.45) is 0. The lowest BCUT2D eigenvalue weighted by molar-refractivity contribution is 0.669. The van der Waals surface area contributed by atoms with Crippen molar-refractivity contribution in [2.45, 2.75) is 0 Å². The average Bonchev–Trinajstić information content (AvgIpc) is 3.44. The Morgan fingerprint density at radius 3 is 1.76 bits per heavy atom. The molecule has 0 saturated heterocycles. The van der Waals surface area contributed by atoms with Crippen LogP contribution in [0.3, 0.4) is 0 Å². The fourth-order valence-electron chi connectivity index (χ4n) is 5.59. The Morgan fingerprint density at radius 1 is 0.390 bits per heavy atom. The van der Waals surface area contributed by atoms with Gasteiger partial charge in [0.25, 0.3) is 0 Å². The molecule has 0 fully saturated rings. The summed E-state index contributed by atoms with van der Waals surface area (Å²) in [4.78, 5) is 14.8. The zero-order chi connectivity index (χ0) is 27.2. The van der Waals surface area contributed by atoms with Crippen molar-refractivity contribution in [3.8, 4) is 45.3 Å². The first-order valence-corrected chi connectivity index (χ1v) is 13.6. The number of hydrogen-bond donors (Lipinski definition) is 0. The van der Waals surface area contributed by atoms with Crippen molar-refractivity contribution >= 4 is 32.7 Å². The van der Waals surface area contributed by atoms with Gasteiger partial charge in [-0.1, -0.05) is 121 Å². The Kier molecular flexibility index (Phi) is 5.42. The molecule has 0 aliphatic carbocycles. The monoisotopic (exact) mass is 525 g/mol. The van der Waals surface area contributed by atoms with E-state index < -0.39 is 0 Å². The molecule has 0 atom stereocenters. The van der Waals surface area contributed by atoms with E-state index in [1.807, 2.05) is 78.9 Å². The Morgan fingerprint density at radius 2 is 1.00 bits per heavy atom. The molecule has 4 heteroatoms. The van der Waals surface area contributed by atoms with Gasteiger partial charge in [-0.15, -0.1) is 0 Å². The van der Waals surface area contributed by atoms with E-state index in [4.69, 9.17) is 19.4 Å². The van der Waals surface area contributed by atoms with Crippen LogP contribution in [-0.4, -0.2) is 15.0 Å². The van der Waals surface area contributed by atoms with Gasteiger partial charge in [-0.3, -0.25) is 0 Å². The maximum Gasteiger partial charge on any atom is 0.164 e. The van der Waals surface area contributed by atoms with Crippen LogP contribution in [0.15, 0.2) is 144 Å². The lowest BCUT2D eigenvalue weighted by atomic mass is 9.95. The van der Waals surface area contributed by atoms with Gasteiger partial charge in [-0.05, 0) is 40.1 Å². The van der Waals surface area contributed by atoms with Crippen molar-refractivity contribution in [3.63, 3.8) is 0 Å².